The topological polar surface area (TPSA) is 16.4 Å². The van der Waals surface area contributed by atoms with Gasteiger partial charge in [0.25, 0.3) is 0 Å². The highest BCUT2D eigenvalue weighted by Crippen LogP contribution is 2.29. The van der Waals surface area contributed by atoms with Gasteiger partial charge in [0.15, 0.2) is 0 Å². The van der Waals surface area contributed by atoms with Crippen LogP contribution in [0.5, 0.6) is 0 Å². The third-order valence-electron chi connectivity index (χ3n) is 4.04. The Balaban J connectivity index is 1.96. The molecule has 0 saturated carbocycles. The highest BCUT2D eigenvalue weighted by Gasteiger charge is 2.12. The Morgan fingerprint density at radius 1 is 1.16 bits per heavy atom. The minimum absolute atomic E-state index is 0.980. The molecule has 1 saturated heterocycles. The van der Waals surface area contributed by atoms with Gasteiger partial charge in [-0.3, -0.25) is 0 Å². The highest BCUT2D eigenvalue weighted by molar-refractivity contribution is 5.85. The Labute approximate surface area is 114 Å². The summed E-state index contributed by atoms with van der Waals surface area (Å²) in [6.07, 6.45) is 6.08. The zero-order valence-corrected chi connectivity index (χ0v) is 11.8. The summed E-state index contributed by atoms with van der Waals surface area (Å²) in [5, 5.41) is 1.21. The summed E-state index contributed by atoms with van der Waals surface area (Å²) in [5.74, 6) is 0.980. The summed E-state index contributed by atoms with van der Waals surface area (Å²) in [6.45, 7) is 6.50. The molecule has 2 aromatic rings. The van der Waals surface area contributed by atoms with Gasteiger partial charge in [-0.25, -0.2) is 0 Å². The van der Waals surface area contributed by atoms with Gasteiger partial charge in [0.05, 0.1) is 0 Å². The fourth-order valence-corrected chi connectivity index (χ4v) is 2.72. The van der Waals surface area contributed by atoms with Crippen LogP contribution >= 0.6 is 0 Å². The molecule has 0 atom stereocenters. The minimum atomic E-state index is 0.980. The van der Waals surface area contributed by atoms with Crippen LogP contribution in [-0.2, 0) is 0 Å². The second kappa shape index (κ2) is 5.12. The van der Waals surface area contributed by atoms with Crippen LogP contribution in [0.3, 0.4) is 0 Å². The monoisotopic (exact) mass is 255 g/mol. The summed E-state index contributed by atoms with van der Waals surface area (Å²) < 4.78 is 5.88. The van der Waals surface area contributed by atoms with Crippen LogP contribution in [0.4, 0.5) is 5.69 Å². The zero-order valence-electron chi connectivity index (χ0n) is 11.8. The predicted octanol–water partition coefficient (Wildman–Crippen LogP) is 4.85. The van der Waals surface area contributed by atoms with Crippen LogP contribution in [0.2, 0.25) is 0 Å². The molecule has 0 amide bonds. The molecule has 0 N–H and O–H groups in total. The normalized spacial score (nSPS) is 17.2. The van der Waals surface area contributed by atoms with E-state index >= 15 is 0 Å². The van der Waals surface area contributed by atoms with Gasteiger partial charge in [-0.15, -0.1) is 0 Å². The lowest BCUT2D eigenvalue weighted by atomic mass is 10.1. The van der Waals surface area contributed by atoms with Crippen molar-refractivity contribution in [2.24, 2.45) is 0 Å². The molecule has 1 fully saturated rings. The van der Waals surface area contributed by atoms with Crippen molar-refractivity contribution < 1.29 is 4.42 Å². The smallest absolute Gasteiger partial charge is 0.134 e. The van der Waals surface area contributed by atoms with Crippen LogP contribution in [0.1, 0.15) is 38.9 Å². The summed E-state index contributed by atoms with van der Waals surface area (Å²) >= 11 is 0. The van der Waals surface area contributed by atoms with E-state index in [4.69, 9.17) is 4.42 Å². The van der Waals surface area contributed by atoms with E-state index in [1.807, 2.05) is 6.92 Å². The van der Waals surface area contributed by atoms with Crippen LogP contribution < -0.4 is 4.90 Å². The maximum absolute atomic E-state index is 5.88. The van der Waals surface area contributed by atoms with Crippen LogP contribution in [0.15, 0.2) is 34.8 Å². The molecule has 19 heavy (non-hydrogen) atoms. The highest BCUT2D eigenvalue weighted by atomic mass is 16.3. The SMILES string of the molecule is C/C=C(\C)c1cc2cc(N3CCCCC3)ccc2o1. The van der Waals surface area contributed by atoms with Crippen LogP contribution in [0.25, 0.3) is 16.5 Å². The average Bonchev–Trinajstić information content (AvgIpc) is 2.90. The molecule has 0 radical (unpaired) electrons. The van der Waals surface area contributed by atoms with Gasteiger partial charge in [0.2, 0.25) is 0 Å². The molecular formula is C17H21NO. The van der Waals surface area contributed by atoms with E-state index in [1.165, 1.54) is 49.0 Å². The molecule has 0 aliphatic carbocycles. The predicted molar refractivity (Wildman–Crippen MR) is 81.6 cm³/mol. The molecule has 1 aromatic carbocycles. The van der Waals surface area contributed by atoms with Crippen molar-refractivity contribution in [2.45, 2.75) is 33.1 Å². The van der Waals surface area contributed by atoms with Crippen molar-refractivity contribution in [3.8, 4) is 0 Å². The third kappa shape index (κ3) is 2.40. The zero-order chi connectivity index (χ0) is 13.2. The van der Waals surface area contributed by atoms with Gasteiger partial charge in [0.1, 0.15) is 11.3 Å². The Morgan fingerprint density at radius 2 is 1.95 bits per heavy atom. The number of benzene rings is 1. The van der Waals surface area contributed by atoms with Gasteiger partial charge < -0.3 is 9.32 Å². The Hall–Kier alpha value is -1.70. The molecule has 1 aromatic heterocycles. The number of piperidine rings is 1. The van der Waals surface area contributed by atoms with Crippen molar-refractivity contribution in [1.82, 2.24) is 0 Å². The van der Waals surface area contributed by atoms with E-state index in [0.29, 0.717) is 0 Å². The van der Waals surface area contributed by atoms with E-state index in [2.05, 4.69) is 42.2 Å². The second-order valence-corrected chi connectivity index (χ2v) is 5.35. The van der Waals surface area contributed by atoms with Crippen molar-refractivity contribution in [1.29, 1.82) is 0 Å². The number of nitrogens with zero attached hydrogens (tertiary/aromatic N) is 1. The molecule has 1 aliphatic heterocycles. The molecule has 1 aliphatic rings. The van der Waals surface area contributed by atoms with Crippen molar-refractivity contribution in [3.05, 3.63) is 36.1 Å². The lowest BCUT2D eigenvalue weighted by Gasteiger charge is -2.28. The van der Waals surface area contributed by atoms with Crippen molar-refractivity contribution >= 4 is 22.2 Å². The van der Waals surface area contributed by atoms with E-state index in [-0.39, 0.29) is 0 Å². The fraction of sp³-hybridized carbons (Fsp3) is 0.412. The van der Waals surface area contributed by atoms with Gasteiger partial charge in [-0.05, 0) is 62.9 Å². The first-order valence-electron chi connectivity index (χ1n) is 7.20. The Morgan fingerprint density at radius 3 is 2.68 bits per heavy atom. The second-order valence-electron chi connectivity index (χ2n) is 5.35. The Kier molecular flexibility index (Phi) is 3.33. The van der Waals surface area contributed by atoms with Crippen molar-refractivity contribution in [3.63, 3.8) is 0 Å². The number of furan rings is 1. The molecule has 2 nitrogen and oxygen atoms in total. The van der Waals surface area contributed by atoms with Gasteiger partial charge in [-0.1, -0.05) is 6.08 Å². The average molecular weight is 255 g/mol. The number of hydrogen-bond donors (Lipinski definition) is 0. The van der Waals surface area contributed by atoms with Crippen LogP contribution in [-0.4, -0.2) is 13.1 Å². The van der Waals surface area contributed by atoms with Crippen molar-refractivity contribution in [2.75, 3.05) is 18.0 Å². The summed E-state index contributed by atoms with van der Waals surface area (Å²) in [5.41, 5.74) is 3.50. The maximum atomic E-state index is 5.88. The molecule has 0 spiro atoms. The quantitative estimate of drug-likeness (QED) is 0.763. The molecule has 100 valence electrons. The number of rotatable bonds is 2. The first kappa shape index (κ1) is 12.3. The number of anilines is 1. The van der Waals surface area contributed by atoms with E-state index in [0.717, 1.165) is 11.3 Å². The molecule has 3 rings (SSSR count). The number of allylic oxidation sites excluding steroid dienone is 2. The summed E-state index contributed by atoms with van der Waals surface area (Å²) in [4.78, 5) is 2.48. The van der Waals surface area contributed by atoms with E-state index in [1.54, 1.807) is 0 Å². The van der Waals surface area contributed by atoms with E-state index in [9.17, 15) is 0 Å². The largest absolute Gasteiger partial charge is 0.456 e. The lowest BCUT2D eigenvalue weighted by Crippen LogP contribution is -2.29. The van der Waals surface area contributed by atoms with E-state index < -0.39 is 0 Å². The molecule has 0 bridgehead atoms. The first-order valence-corrected chi connectivity index (χ1v) is 7.20. The molecule has 2 heteroatoms. The van der Waals surface area contributed by atoms with Gasteiger partial charge in [0, 0.05) is 24.2 Å². The maximum Gasteiger partial charge on any atom is 0.134 e. The first-order chi connectivity index (χ1) is 9.28. The number of hydrogen-bond acceptors (Lipinski definition) is 2. The van der Waals surface area contributed by atoms with Gasteiger partial charge >= 0.3 is 0 Å². The van der Waals surface area contributed by atoms with Gasteiger partial charge in [-0.2, -0.15) is 0 Å². The lowest BCUT2D eigenvalue weighted by molar-refractivity contribution is 0.577. The molecular weight excluding hydrogens is 234 g/mol. The standard InChI is InChI=1S/C17H21NO/c1-3-13(2)17-12-14-11-15(7-8-16(14)19-17)18-9-5-4-6-10-18/h3,7-8,11-12H,4-6,9-10H2,1-2H3/b13-3+. The van der Waals surface area contributed by atoms with Crippen LogP contribution in [0, 0.1) is 0 Å². The molecule has 0 unspecified atom stereocenters. The Bertz CT molecular complexity index is 603. The number of fused-ring (bicyclic) bond motifs is 1. The fourth-order valence-electron chi connectivity index (χ4n) is 2.72. The third-order valence-corrected chi connectivity index (χ3v) is 4.04. The molecule has 2 heterocycles. The summed E-state index contributed by atoms with van der Waals surface area (Å²) in [7, 11) is 0. The minimum Gasteiger partial charge on any atom is -0.456 e. The summed E-state index contributed by atoms with van der Waals surface area (Å²) in [6, 6.07) is 8.70.